The summed E-state index contributed by atoms with van der Waals surface area (Å²) in [5, 5.41) is 6.50. The zero-order valence-electron chi connectivity index (χ0n) is 9.70. The van der Waals surface area contributed by atoms with Crippen molar-refractivity contribution in [1.82, 2.24) is 15.6 Å². The zero-order chi connectivity index (χ0) is 12.7. The molecule has 3 atom stereocenters. The van der Waals surface area contributed by atoms with Crippen molar-refractivity contribution in [1.29, 1.82) is 0 Å². The van der Waals surface area contributed by atoms with Crippen LogP contribution in [-0.4, -0.2) is 29.0 Å². The van der Waals surface area contributed by atoms with Gasteiger partial charge in [0, 0.05) is 18.1 Å². The average molecular weight is 268 g/mol. The Morgan fingerprint density at radius 1 is 1.39 bits per heavy atom. The average Bonchev–Trinajstić information content (AvgIpc) is 2.94. The third-order valence-electron chi connectivity index (χ3n) is 3.72. The van der Waals surface area contributed by atoms with Gasteiger partial charge in [-0.2, -0.15) is 0 Å². The third kappa shape index (κ3) is 2.04. The summed E-state index contributed by atoms with van der Waals surface area (Å²) < 4.78 is 0. The lowest BCUT2D eigenvalue weighted by atomic mass is 9.95. The van der Waals surface area contributed by atoms with E-state index in [1.807, 2.05) is 0 Å². The molecule has 96 valence electrons. The second kappa shape index (κ2) is 4.40. The van der Waals surface area contributed by atoms with Crippen LogP contribution < -0.4 is 16.2 Å². The Kier molecular flexibility index (Phi) is 2.87. The summed E-state index contributed by atoms with van der Waals surface area (Å²) in [6, 6.07) is 4.03. The number of hydrogen-bond acceptors (Lipinski definition) is 3. The standard InChI is InChI=1S/C12H14ClN3O2/c13-7-2-4-9(15-11(7)17)12(18)16-10-5-6-1-3-8(10)14-6/h2,4,6,8,10,14H,1,3,5H2,(H,15,17)(H,16,18). The Labute approximate surface area is 109 Å². The maximum absolute atomic E-state index is 12.0. The fourth-order valence-electron chi connectivity index (χ4n) is 2.82. The van der Waals surface area contributed by atoms with E-state index in [0.29, 0.717) is 12.1 Å². The number of rotatable bonds is 2. The van der Waals surface area contributed by atoms with Gasteiger partial charge in [0.1, 0.15) is 10.7 Å². The van der Waals surface area contributed by atoms with Crippen molar-refractivity contribution in [2.45, 2.75) is 37.4 Å². The quantitative estimate of drug-likeness (QED) is 0.737. The predicted octanol–water partition coefficient (Wildman–Crippen LogP) is 0.651. The van der Waals surface area contributed by atoms with Gasteiger partial charge in [-0.25, -0.2) is 0 Å². The van der Waals surface area contributed by atoms with Crippen molar-refractivity contribution < 1.29 is 4.79 Å². The van der Waals surface area contributed by atoms with Crippen molar-refractivity contribution in [2.24, 2.45) is 0 Å². The maximum Gasteiger partial charge on any atom is 0.268 e. The number of carbonyl (C=O) groups excluding carboxylic acids is 1. The van der Waals surface area contributed by atoms with Gasteiger partial charge >= 0.3 is 0 Å². The molecule has 3 unspecified atom stereocenters. The van der Waals surface area contributed by atoms with Gasteiger partial charge in [-0.3, -0.25) is 9.59 Å². The van der Waals surface area contributed by atoms with E-state index in [-0.39, 0.29) is 22.7 Å². The summed E-state index contributed by atoms with van der Waals surface area (Å²) in [6.07, 6.45) is 3.26. The van der Waals surface area contributed by atoms with Gasteiger partial charge < -0.3 is 15.6 Å². The molecule has 1 aromatic rings. The zero-order valence-corrected chi connectivity index (χ0v) is 10.5. The molecular formula is C12H14ClN3O2. The summed E-state index contributed by atoms with van der Waals surface area (Å²) in [4.78, 5) is 25.8. The number of pyridine rings is 1. The molecule has 0 aromatic carbocycles. The second-order valence-electron chi connectivity index (χ2n) is 4.91. The monoisotopic (exact) mass is 267 g/mol. The topological polar surface area (TPSA) is 74.0 Å². The summed E-state index contributed by atoms with van der Waals surface area (Å²) >= 11 is 5.62. The second-order valence-corrected chi connectivity index (χ2v) is 5.32. The molecule has 5 nitrogen and oxygen atoms in total. The summed E-state index contributed by atoms with van der Waals surface area (Å²) in [7, 11) is 0. The van der Waals surface area contributed by atoms with Crippen LogP contribution in [-0.2, 0) is 0 Å². The normalized spacial score (nSPS) is 29.5. The molecular weight excluding hydrogens is 254 g/mol. The van der Waals surface area contributed by atoms with Gasteiger partial charge in [0.2, 0.25) is 0 Å². The Hall–Kier alpha value is -1.33. The number of aromatic nitrogens is 1. The Balaban J connectivity index is 1.71. The number of aromatic amines is 1. The van der Waals surface area contributed by atoms with Crippen LogP contribution in [0.1, 0.15) is 29.8 Å². The molecule has 0 radical (unpaired) electrons. The first-order chi connectivity index (χ1) is 8.63. The Bertz CT molecular complexity index is 542. The van der Waals surface area contributed by atoms with E-state index in [0.717, 1.165) is 12.8 Å². The molecule has 2 fully saturated rings. The van der Waals surface area contributed by atoms with Crippen LogP contribution in [0.2, 0.25) is 5.02 Å². The first-order valence-corrected chi connectivity index (χ1v) is 6.47. The van der Waals surface area contributed by atoms with Crippen molar-refractivity contribution >= 4 is 17.5 Å². The highest BCUT2D eigenvalue weighted by Crippen LogP contribution is 2.28. The third-order valence-corrected chi connectivity index (χ3v) is 4.02. The molecule has 3 rings (SSSR count). The highest BCUT2D eigenvalue weighted by molar-refractivity contribution is 6.30. The molecule has 2 aliphatic heterocycles. The maximum atomic E-state index is 12.0. The SMILES string of the molecule is O=C(NC1CC2CCC1N2)c1ccc(Cl)c(=O)[nH]1. The number of amides is 1. The van der Waals surface area contributed by atoms with E-state index in [4.69, 9.17) is 11.6 Å². The lowest BCUT2D eigenvalue weighted by molar-refractivity contribution is 0.0925. The minimum atomic E-state index is -0.435. The fourth-order valence-corrected chi connectivity index (χ4v) is 2.93. The molecule has 2 bridgehead atoms. The van der Waals surface area contributed by atoms with Gasteiger partial charge in [-0.05, 0) is 31.4 Å². The highest BCUT2D eigenvalue weighted by atomic mass is 35.5. The first-order valence-electron chi connectivity index (χ1n) is 6.09. The van der Waals surface area contributed by atoms with E-state index in [1.54, 1.807) is 0 Å². The van der Waals surface area contributed by atoms with Crippen molar-refractivity contribution in [3.05, 3.63) is 33.2 Å². The largest absolute Gasteiger partial charge is 0.346 e. The summed E-state index contributed by atoms with van der Waals surface area (Å²) in [6.45, 7) is 0. The number of H-pyrrole nitrogens is 1. The number of halogens is 1. The smallest absolute Gasteiger partial charge is 0.268 e. The lowest BCUT2D eigenvalue weighted by Crippen LogP contribution is -2.43. The van der Waals surface area contributed by atoms with E-state index in [9.17, 15) is 9.59 Å². The number of hydrogen-bond donors (Lipinski definition) is 3. The number of fused-ring (bicyclic) bond motifs is 2. The van der Waals surface area contributed by atoms with Gasteiger partial charge in [0.05, 0.1) is 0 Å². The van der Waals surface area contributed by atoms with Crippen molar-refractivity contribution in [3.8, 4) is 0 Å². The van der Waals surface area contributed by atoms with Gasteiger partial charge in [-0.1, -0.05) is 11.6 Å². The lowest BCUT2D eigenvalue weighted by Gasteiger charge is -2.21. The van der Waals surface area contributed by atoms with Gasteiger partial charge in [0.15, 0.2) is 0 Å². The molecule has 18 heavy (non-hydrogen) atoms. The van der Waals surface area contributed by atoms with Crippen LogP contribution in [0.4, 0.5) is 0 Å². The molecule has 2 saturated heterocycles. The number of carbonyl (C=O) groups is 1. The van der Waals surface area contributed by atoms with Crippen molar-refractivity contribution in [2.75, 3.05) is 0 Å². The number of nitrogens with one attached hydrogen (secondary N) is 3. The Morgan fingerprint density at radius 2 is 2.22 bits per heavy atom. The van der Waals surface area contributed by atoms with E-state index < -0.39 is 5.56 Å². The first kappa shape index (κ1) is 11.7. The van der Waals surface area contributed by atoms with Crippen LogP contribution in [0.25, 0.3) is 0 Å². The van der Waals surface area contributed by atoms with E-state index in [2.05, 4.69) is 15.6 Å². The van der Waals surface area contributed by atoms with E-state index >= 15 is 0 Å². The van der Waals surface area contributed by atoms with Gasteiger partial charge in [-0.15, -0.1) is 0 Å². The van der Waals surface area contributed by atoms with Crippen LogP contribution in [0.5, 0.6) is 0 Å². The van der Waals surface area contributed by atoms with Crippen LogP contribution in [0.15, 0.2) is 16.9 Å². The predicted molar refractivity (Wildman–Crippen MR) is 67.9 cm³/mol. The Morgan fingerprint density at radius 3 is 2.83 bits per heavy atom. The minimum absolute atomic E-state index is 0.0909. The molecule has 0 saturated carbocycles. The molecule has 3 heterocycles. The molecule has 3 N–H and O–H groups in total. The highest BCUT2D eigenvalue weighted by Gasteiger charge is 2.39. The van der Waals surface area contributed by atoms with Gasteiger partial charge in [0.25, 0.3) is 11.5 Å². The summed E-state index contributed by atoms with van der Waals surface area (Å²) in [5.41, 5.74) is -0.178. The molecule has 2 aliphatic rings. The molecule has 6 heteroatoms. The molecule has 1 amide bonds. The van der Waals surface area contributed by atoms with Crippen molar-refractivity contribution in [3.63, 3.8) is 0 Å². The van der Waals surface area contributed by atoms with Crippen LogP contribution in [0, 0.1) is 0 Å². The molecule has 1 aromatic heterocycles. The van der Waals surface area contributed by atoms with Crippen LogP contribution in [0.3, 0.4) is 0 Å². The molecule has 0 spiro atoms. The fraction of sp³-hybridized carbons (Fsp3) is 0.500. The van der Waals surface area contributed by atoms with E-state index in [1.165, 1.54) is 18.6 Å². The minimum Gasteiger partial charge on any atom is -0.346 e. The van der Waals surface area contributed by atoms with Crippen LogP contribution >= 0.6 is 11.6 Å². The molecule has 0 aliphatic carbocycles. The summed E-state index contributed by atoms with van der Waals surface area (Å²) in [5.74, 6) is -0.247.